The fourth-order valence-electron chi connectivity index (χ4n) is 1.79. The molecule has 0 heterocycles. The number of rotatable bonds is 4. The molecule has 0 aromatic heterocycles. The summed E-state index contributed by atoms with van der Waals surface area (Å²) < 4.78 is 10.4. The van der Waals surface area contributed by atoms with Crippen molar-refractivity contribution in [2.75, 3.05) is 14.2 Å². The number of carbonyl (C=O) groups is 2. The van der Waals surface area contributed by atoms with E-state index >= 15 is 0 Å². The van der Waals surface area contributed by atoms with Crippen LogP contribution in [0.5, 0.6) is 5.75 Å². The van der Waals surface area contributed by atoms with Crippen LogP contribution >= 0.6 is 0 Å². The number of nitrogens with zero attached hydrogens (tertiary/aromatic N) is 1. The molecular formula is C16H23NO4. The molecule has 21 heavy (non-hydrogen) atoms. The Labute approximate surface area is 125 Å². The van der Waals surface area contributed by atoms with Gasteiger partial charge in [-0.25, -0.2) is 4.79 Å². The summed E-state index contributed by atoms with van der Waals surface area (Å²) in [5.74, 6) is 0.687. The lowest BCUT2D eigenvalue weighted by Gasteiger charge is -2.35. The zero-order valence-electron chi connectivity index (χ0n) is 13.5. The Kier molecular flexibility index (Phi) is 4.99. The average Bonchev–Trinajstić information content (AvgIpc) is 2.44. The second-order valence-electron chi connectivity index (χ2n) is 6.03. The van der Waals surface area contributed by atoms with Gasteiger partial charge in [-0.3, -0.25) is 4.90 Å². The van der Waals surface area contributed by atoms with Crippen molar-refractivity contribution in [2.24, 2.45) is 0 Å². The summed E-state index contributed by atoms with van der Waals surface area (Å²) in [6.45, 7) is 7.02. The molecule has 0 aliphatic rings. The highest BCUT2D eigenvalue weighted by atomic mass is 16.6. The number of aldehydes is 1. The Morgan fingerprint density at radius 2 is 1.67 bits per heavy atom. The van der Waals surface area contributed by atoms with Crippen molar-refractivity contribution in [2.45, 2.75) is 38.8 Å². The Balaban J connectivity index is 3.07. The molecule has 0 bridgehead atoms. The van der Waals surface area contributed by atoms with E-state index in [-0.39, 0.29) is 0 Å². The maximum absolute atomic E-state index is 12.2. The predicted octanol–water partition coefficient (Wildman–Crippen LogP) is 2.98. The van der Waals surface area contributed by atoms with Gasteiger partial charge in [-0.2, -0.15) is 0 Å². The summed E-state index contributed by atoms with van der Waals surface area (Å²) in [6, 6.07) is 7.02. The Bertz CT molecular complexity index is 504. The van der Waals surface area contributed by atoms with E-state index in [2.05, 4.69) is 0 Å². The SMILES string of the molecule is COc1ccc(C(C)(C=O)N(C)C(=O)OC(C)(C)C)cc1. The van der Waals surface area contributed by atoms with Crippen LogP contribution in [-0.4, -0.2) is 37.0 Å². The summed E-state index contributed by atoms with van der Waals surface area (Å²) in [4.78, 5) is 25.1. The number of amides is 1. The zero-order chi connectivity index (χ0) is 16.3. The summed E-state index contributed by atoms with van der Waals surface area (Å²) in [7, 11) is 3.12. The largest absolute Gasteiger partial charge is 0.497 e. The van der Waals surface area contributed by atoms with Crippen LogP contribution in [-0.2, 0) is 15.1 Å². The molecular weight excluding hydrogens is 270 g/mol. The zero-order valence-corrected chi connectivity index (χ0v) is 13.5. The molecule has 0 N–H and O–H groups in total. The van der Waals surface area contributed by atoms with Crippen LogP contribution in [0.3, 0.4) is 0 Å². The maximum atomic E-state index is 12.2. The first kappa shape index (κ1) is 17.0. The molecule has 5 heteroatoms. The topological polar surface area (TPSA) is 55.8 Å². The van der Waals surface area contributed by atoms with Gasteiger partial charge < -0.3 is 14.3 Å². The van der Waals surface area contributed by atoms with Gasteiger partial charge in [0.1, 0.15) is 23.2 Å². The molecule has 0 saturated carbocycles. The van der Waals surface area contributed by atoms with E-state index in [0.29, 0.717) is 11.3 Å². The molecule has 1 aromatic carbocycles. The van der Waals surface area contributed by atoms with Gasteiger partial charge in [0.2, 0.25) is 0 Å². The van der Waals surface area contributed by atoms with Gasteiger partial charge in [0, 0.05) is 7.05 Å². The van der Waals surface area contributed by atoms with Gasteiger partial charge >= 0.3 is 6.09 Å². The monoisotopic (exact) mass is 293 g/mol. The Morgan fingerprint density at radius 3 is 2.05 bits per heavy atom. The molecule has 1 atom stereocenters. The molecule has 1 amide bonds. The van der Waals surface area contributed by atoms with Crippen LogP contribution in [0.2, 0.25) is 0 Å². The van der Waals surface area contributed by atoms with Crippen molar-refractivity contribution >= 4 is 12.4 Å². The minimum absolute atomic E-state index is 0.548. The van der Waals surface area contributed by atoms with Crippen molar-refractivity contribution in [1.82, 2.24) is 4.90 Å². The molecule has 1 aromatic rings. The van der Waals surface area contributed by atoms with Gasteiger partial charge in [0.25, 0.3) is 0 Å². The number of ether oxygens (including phenoxy) is 2. The van der Waals surface area contributed by atoms with Crippen LogP contribution in [0.4, 0.5) is 4.79 Å². The van der Waals surface area contributed by atoms with Crippen LogP contribution in [0, 0.1) is 0 Å². The first-order chi connectivity index (χ1) is 9.64. The average molecular weight is 293 g/mol. The first-order valence-electron chi connectivity index (χ1n) is 6.71. The highest BCUT2D eigenvalue weighted by molar-refractivity contribution is 5.78. The summed E-state index contributed by atoms with van der Waals surface area (Å²) in [6.07, 6.45) is 0.187. The molecule has 1 unspecified atom stereocenters. The highest BCUT2D eigenvalue weighted by Crippen LogP contribution is 2.28. The molecule has 0 fully saturated rings. The third-order valence-electron chi connectivity index (χ3n) is 3.27. The van der Waals surface area contributed by atoms with Crippen molar-refractivity contribution in [1.29, 1.82) is 0 Å². The maximum Gasteiger partial charge on any atom is 0.411 e. The van der Waals surface area contributed by atoms with E-state index in [1.165, 1.54) is 4.90 Å². The fraction of sp³-hybridized carbons (Fsp3) is 0.500. The molecule has 0 saturated heterocycles. The lowest BCUT2D eigenvalue weighted by molar-refractivity contribution is -0.117. The molecule has 1 rings (SSSR count). The van der Waals surface area contributed by atoms with Gasteiger partial charge in [-0.15, -0.1) is 0 Å². The van der Waals surface area contributed by atoms with Crippen LogP contribution in [0.25, 0.3) is 0 Å². The number of hydrogen-bond acceptors (Lipinski definition) is 4. The van der Waals surface area contributed by atoms with Crippen LogP contribution < -0.4 is 4.74 Å². The van der Waals surface area contributed by atoms with E-state index in [1.54, 1.807) is 66.1 Å². The number of methoxy groups -OCH3 is 1. The van der Waals surface area contributed by atoms with E-state index in [4.69, 9.17) is 9.47 Å². The summed E-state index contributed by atoms with van der Waals surface area (Å²) in [5.41, 5.74) is -1.03. The van der Waals surface area contributed by atoms with Crippen molar-refractivity contribution in [3.8, 4) is 5.75 Å². The Morgan fingerprint density at radius 1 is 1.14 bits per heavy atom. The van der Waals surface area contributed by atoms with E-state index in [0.717, 1.165) is 6.29 Å². The molecule has 0 aliphatic carbocycles. The quantitative estimate of drug-likeness (QED) is 0.801. The number of benzene rings is 1. The molecule has 5 nitrogen and oxygen atoms in total. The normalized spacial score (nSPS) is 14.0. The second kappa shape index (κ2) is 6.16. The molecule has 116 valence electrons. The predicted molar refractivity (Wildman–Crippen MR) is 80.4 cm³/mol. The van der Waals surface area contributed by atoms with Gasteiger partial charge in [-0.05, 0) is 45.4 Å². The second-order valence-corrected chi connectivity index (χ2v) is 6.03. The minimum Gasteiger partial charge on any atom is -0.497 e. The van der Waals surface area contributed by atoms with Gasteiger partial charge in [0.05, 0.1) is 7.11 Å². The standard InChI is InChI=1S/C16H23NO4/c1-15(2,3)21-14(19)17(5)16(4,11-18)12-7-9-13(20-6)10-8-12/h7-11H,1-6H3. The third kappa shape index (κ3) is 3.97. The number of likely N-dealkylation sites (N-methyl/N-ethyl adjacent to an activating group) is 1. The van der Waals surface area contributed by atoms with Crippen LogP contribution in [0.15, 0.2) is 24.3 Å². The molecule has 0 aliphatic heterocycles. The van der Waals surface area contributed by atoms with Gasteiger partial charge in [0.15, 0.2) is 0 Å². The minimum atomic E-state index is -1.10. The molecule has 0 spiro atoms. The van der Waals surface area contributed by atoms with Crippen molar-refractivity contribution < 1.29 is 19.1 Å². The van der Waals surface area contributed by atoms with E-state index in [9.17, 15) is 9.59 Å². The molecule has 0 radical (unpaired) electrons. The van der Waals surface area contributed by atoms with Crippen molar-refractivity contribution in [3.63, 3.8) is 0 Å². The fourth-order valence-corrected chi connectivity index (χ4v) is 1.79. The first-order valence-corrected chi connectivity index (χ1v) is 6.71. The number of carbonyl (C=O) groups excluding carboxylic acids is 2. The van der Waals surface area contributed by atoms with E-state index in [1.807, 2.05) is 0 Å². The lowest BCUT2D eigenvalue weighted by Crippen LogP contribution is -2.48. The van der Waals surface area contributed by atoms with Crippen molar-refractivity contribution in [3.05, 3.63) is 29.8 Å². The number of hydrogen-bond donors (Lipinski definition) is 0. The third-order valence-corrected chi connectivity index (χ3v) is 3.27. The van der Waals surface area contributed by atoms with Gasteiger partial charge in [-0.1, -0.05) is 12.1 Å². The highest BCUT2D eigenvalue weighted by Gasteiger charge is 2.36. The smallest absolute Gasteiger partial charge is 0.411 e. The van der Waals surface area contributed by atoms with E-state index < -0.39 is 17.2 Å². The Hall–Kier alpha value is -2.04. The van der Waals surface area contributed by atoms with Crippen LogP contribution in [0.1, 0.15) is 33.3 Å². The summed E-state index contributed by atoms with van der Waals surface area (Å²) >= 11 is 0. The summed E-state index contributed by atoms with van der Waals surface area (Å²) in [5, 5.41) is 0. The lowest BCUT2D eigenvalue weighted by atomic mass is 9.92.